The fraction of sp³-hybridized carbons (Fsp3) is 0.455. The molecule has 1 fully saturated rings. The Morgan fingerprint density at radius 1 is 1.29 bits per heavy atom. The van der Waals surface area contributed by atoms with E-state index in [-0.39, 0.29) is 24.2 Å². The predicted octanol–water partition coefficient (Wildman–Crippen LogP) is 1.94. The summed E-state index contributed by atoms with van der Waals surface area (Å²) in [5.74, 6) is 0.208. The summed E-state index contributed by atoms with van der Waals surface area (Å²) in [4.78, 5) is 0. The predicted molar refractivity (Wildman–Crippen MR) is 63.9 cm³/mol. The summed E-state index contributed by atoms with van der Waals surface area (Å²) < 4.78 is 28.5. The summed E-state index contributed by atoms with van der Waals surface area (Å²) in [5.41, 5.74) is 0.963. The number of rotatable bonds is 3. The number of piperazine rings is 1. The molecule has 96 valence electrons. The van der Waals surface area contributed by atoms with Crippen LogP contribution in [0.4, 0.5) is 8.78 Å². The van der Waals surface area contributed by atoms with Crippen molar-refractivity contribution in [1.29, 1.82) is 0 Å². The summed E-state index contributed by atoms with van der Waals surface area (Å²) in [6, 6.07) is 6.98. The van der Waals surface area contributed by atoms with Gasteiger partial charge in [0.2, 0.25) is 0 Å². The van der Waals surface area contributed by atoms with E-state index in [1.165, 1.54) is 6.07 Å². The van der Waals surface area contributed by atoms with Crippen molar-refractivity contribution in [2.75, 3.05) is 19.6 Å². The summed E-state index contributed by atoms with van der Waals surface area (Å²) in [6.07, 6.45) is 0. The molecule has 3 nitrogen and oxygen atoms in total. The highest BCUT2D eigenvalue weighted by molar-refractivity contribution is 5.85. The van der Waals surface area contributed by atoms with Gasteiger partial charge in [-0.05, 0) is 17.7 Å². The van der Waals surface area contributed by atoms with Crippen LogP contribution in [-0.4, -0.2) is 26.2 Å². The highest BCUT2D eigenvalue weighted by Gasteiger charge is 2.15. The molecule has 1 heterocycles. The normalized spacial score (nSPS) is 19.8. The fourth-order valence-electron chi connectivity index (χ4n) is 1.80. The molecule has 2 N–H and O–H groups in total. The van der Waals surface area contributed by atoms with Gasteiger partial charge in [0.25, 0.3) is 0 Å². The highest BCUT2D eigenvalue weighted by Crippen LogP contribution is 2.21. The molecule has 1 aromatic rings. The SMILES string of the molecule is Cl.FC(F)Oc1cccc([C@H]2CNCCN2)c1. The number of hydrogen-bond donors (Lipinski definition) is 2. The Labute approximate surface area is 105 Å². The monoisotopic (exact) mass is 264 g/mol. The van der Waals surface area contributed by atoms with Crippen LogP contribution < -0.4 is 15.4 Å². The molecule has 6 heteroatoms. The van der Waals surface area contributed by atoms with Crippen LogP contribution in [0.1, 0.15) is 11.6 Å². The second-order valence-electron chi connectivity index (χ2n) is 3.66. The largest absolute Gasteiger partial charge is 0.435 e. The van der Waals surface area contributed by atoms with Crippen LogP contribution in [0, 0.1) is 0 Å². The smallest absolute Gasteiger partial charge is 0.387 e. The molecule has 0 bridgehead atoms. The second kappa shape index (κ2) is 6.74. The molecule has 0 aliphatic carbocycles. The summed E-state index contributed by atoms with van der Waals surface area (Å²) in [5, 5.41) is 6.55. The maximum Gasteiger partial charge on any atom is 0.387 e. The van der Waals surface area contributed by atoms with Gasteiger partial charge in [0.15, 0.2) is 0 Å². The van der Waals surface area contributed by atoms with Crippen molar-refractivity contribution in [3.05, 3.63) is 29.8 Å². The van der Waals surface area contributed by atoms with Gasteiger partial charge in [-0.2, -0.15) is 8.78 Å². The topological polar surface area (TPSA) is 33.3 Å². The number of alkyl halides is 2. The summed E-state index contributed by atoms with van der Waals surface area (Å²) in [7, 11) is 0. The molecule has 0 aromatic heterocycles. The number of hydrogen-bond acceptors (Lipinski definition) is 3. The molecular weight excluding hydrogens is 250 g/mol. The van der Waals surface area contributed by atoms with Gasteiger partial charge in [0, 0.05) is 25.7 Å². The van der Waals surface area contributed by atoms with E-state index in [1.807, 2.05) is 6.07 Å². The summed E-state index contributed by atoms with van der Waals surface area (Å²) in [6.45, 7) is -0.153. The van der Waals surface area contributed by atoms with E-state index in [2.05, 4.69) is 15.4 Å². The van der Waals surface area contributed by atoms with Crippen molar-refractivity contribution in [2.45, 2.75) is 12.7 Å². The van der Waals surface area contributed by atoms with Gasteiger partial charge in [0.1, 0.15) is 5.75 Å². The van der Waals surface area contributed by atoms with Crippen molar-refractivity contribution in [3.63, 3.8) is 0 Å². The Hall–Kier alpha value is -0.910. The van der Waals surface area contributed by atoms with Gasteiger partial charge in [-0.3, -0.25) is 0 Å². The molecule has 1 aliphatic heterocycles. The van der Waals surface area contributed by atoms with Gasteiger partial charge in [-0.1, -0.05) is 12.1 Å². The minimum Gasteiger partial charge on any atom is -0.435 e. The van der Waals surface area contributed by atoms with Crippen molar-refractivity contribution < 1.29 is 13.5 Å². The average molecular weight is 265 g/mol. The van der Waals surface area contributed by atoms with Crippen LogP contribution in [0.3, 0.4) is 0 Å². The molecular formula is C11H15ClF2N2O. The first-order valence-electron chi connectivity index (χ1n) is 5.24. The Kier molecular flexibility index (Phi) is 5.61. The van der Waals surface area contributed by atoms with Gasteiger partial charge >= 0.3 is 6.61 Å². The van der Waals surface area contributed by atoms with Gasteiger partial charge in [-0.25, -0.2) is 0 Å². The molecule has 0 spiro atoms. The van der Waals surface area contributed by atoms with Crippen LogP contribution in [-0.2, 0) is 0 Å². The van der Waals surface area contributed by atoms with Crippen molar-refractivity contribution in [3.8, 4) is 5.75 Å². The zero-order valence-electron chi connectivity index (χ0n) is 9.16. The minimum absolute atomic E-state index is 0. The third-order valence-electron chi connectivity index (χ3n) is 2.53. The quantitative estimate of drug-likeness (QED) is 0.875. The van der Waals surface area contributed by atoms with Crippen LogP contribution in [0.15, 0.2) is 24.3 Å². The maximum atomic E-state index is 12.0. The fourth-order valence-corrected chi connectivity index (χ4v) is 1.80. The Balaban J connectivity index is 0.00000144. The van der Waals surface area contributed by atoms with E-state index in [9.17, 15) is 8.78 Å². The zero-order chi connectivity index (χ0) is 11.4. The second-order valence-corrected chi connectivity index (χ2v) is 3.66. The first-order valence-corrected chi connectivity index (χ1v) is 5.24. The van der Waals surface area contributed by atoms with Crippen molar-refractivity contribution in [1.82, 2.24) is 10.6 Å². The van der Waals surface area contributed by atoms with E-state index in [0.29, 0.717) is 0 Å². The summed E-state index contributed by atoms with van der Waals surface area (Å²) >= 11 is 0. The van der Waals surface area contributed by atoms with Gasteiger partial charge in [-0.15, -0.1) is 12.4 Å². The van der Waals surface area contributed by atoms with Gasteiger partial charge < -0.3 is 15.4 Å². The van der Waals surface area contributed by atoms with E-state index in [0.717, 1.165) is 25.2 Å². The van der Waals surface area contributed by atoms with E-state index >= 15 is 0 Å². The lowest BCUT2D eigenvalue weighted by Crippen LogP contribution is -2.42. The minimum atomic E-state index is -2.77. The Morgan fingerprint density at radius 2 is 2.12 bits per heavy atom. The molecule has 17 heavy (non-hydrogen) atoms. The molecule has 0 unspecified atom stereocenters. The highest BCUT2D eigenvalue weighted by atomic mass is 35.5. The van der Waals surface area contributed by atoms with Crippen LogP contribution in [0.5, 0.6) is 5.75 Å². The van der Waals surface area contributed by atoms with E-state index < -0.39 is 6.61 Å². The molecule has 0 saturated carbocycles. The third-order valence-corrected chi connectivity index (χ3v) is 2.53. The molecule has 1 atom stereocenters. The lowest BCUT2D eigenvalue weighted by atomic mass is 10.1. The number of halogens is 3. The van der Waals surface area contributed by atoms with E-state index in [4.69, 9.17) is 0 Å². The van der Waals surface area contributed by atoms with E-state index in [1.54, 1.807) is 12.1 Å². The number of nitrogens with one attached hydrogen (secondary N) is 2. The lowest BCUT2D eigenvalue weighted by Gasteiger charge is -2.25. The van der Waals surface area contributed by atoms with Gasteiger partial charge in [0.05, 0.1) is 0 Å². The molecule has 1 aliphatic rings. The average Bonchev–Trinajstić information content (AvgIpc) is 2.30. The Morgan fingerprint density at radius 3 is 2.76 bits per heavy atom. The van der Waals surface area contributed by atoms with Crippen LogP contribution in [0.2, 0.25) is 0 Å². The molecule has 1 saturated heterocycles. The molecule has 2 rings (SSSR count). The number of ether oxygens (including phenoxy) is 1. The Bertz CT molecular complexity index is 346. The standard InChI is InChI=1S/C11H14F2N2O.ClH/c12-11(13)16-9-3-1-2-8(6-9)10-7-14-4-5-15-10;/h1-3,6,10-11,14-15H,4-5,7H2;1H/t10-;/m1./s1. The first kappa shape index (κ1) is 14.2. The zero-order valence-corrected chi connectivity index (χ0v) is 9.97. The molecule has 0 amide bonds. The number of benzene rings is 1. The molecule has 1 aromatic carbocycles. The first-order chi connectivity index (χ1) is 7.75. The third kappa shape index (κ3) is 4.11. The molecule has 0 radical (unpaired) electrons. The maximum absolute atomic E-state index is 12.0. The van der Waals surface area contributed by atoms with Crippen LogP contribution in [0.25, 0.3) is 0 Å². The van der Waals surface area contributed by atoms with Crippen LogP contribution >= 0.6 is 12.4 Å². The lowest BCUT2D eigenvalue weighted by molar-refractivity contribution is -0.0499. The van der Waals surface area contributed by atoms with Crippen molar-refractivity contribution >= 4 is 12.4 Å². The van der Waals surface area contributed by atoms with Crippen molar-refractivity contribution in [2.24, 2.45) is 0 Å².